The minimum absolute atomic E-state index is 0.0448. The van der Waals surface area contributed by atoms with Crippen LogP contribution in [-0.4, -0.2) is 30.5 Å². The molecule has 130 valence electrons. The number of carbonyl (C=O) groups is 2. The predicted molar refractivity (Wildman–Crippen MR) is 89.7 cm³/mol. The van der Waals surface area contributed by atoms with E-state index in [0.717, 1.165) is 0 Å². The van der Waals surface area contributed by atoms with Crippen LogP contribution in [0.15, 0.2) is 42.5 Å². The van der Waals surface area contributed by atoms with Gasteiger partial charge in [-0.25, -0.2) is 4.79 Å². The minimum atomic E-state index is -0.804. The van der Waals surface area contributed by atoms with E-state index < -0.39 is 23.4 Å². The van der Waals surface area contributed by atoms with E-state index in [9.17, 15) is 19.7 Å². The van der Waals surface area contributed by atoms with Crippen LogP contribution < -0.4 is 10.1 Å². The molecule has 0 fully saturated rings. The van der Waals surface area contributed by atoms with Crippen molar-refractivity contribution in [3.05, 3.63) is 63.7 Å². The van der Waals surface area contributed by atoms with Crippen LogP contribution in [0.3, 0.4) is 0 Å². The van der Waals surface area contributed by atoms with Crippen LogP contribution in [0.1, 0.15) is 15.9 Å². The summed E-state index contributed by atoms with van der Waals surface area (Å²) in [5.74, 6) is -0.770. The summed E-state index contributed by atoms with van der Waals surface area (Å²) in [6, 6.07) is 10.8. The molecule has 8 heteroatoms. The zero-order valence-electron chi connectivity index (χ0n) is 13.6. The average Bonchev–Trinajstić information content (AvgIpc) is 2.59. The molecular formula is C17H16N2O6. The molecule has 0 saturated heterocycles. The first-order valence-corrected chi connectivity index (χ1v) is 7.27. The second kappa shape index (κ2) is 7.91. The molecule has 25 heavy (non-hydrogen) atoms. The Kier molecular flexibility index (Phi) is 5.67. The highest BCUT2D eigenvalue weighted by molar-refractivity contribution is 5.96. The lowest BCUT2D eigenvalue weighted by molar-refractivity contribution is -0.385. The SMILES string of the molecule is COc1cccc(NC(=O)COC(=O)c2cccc([N+](=O)[O-])c2C)c1. The van der Waals surface area contributed by atoms with Crippen molar-refractivity contribution in [2.24, 2.45) is 0 Å². The maximum Gasteiger partial charge on any atom is 0.339 e. The Balaban J connectivity index is 1.99. The van der Waals surface area contributed by atoms with Crippen molar-refractivity contribution < 1.29 is 24.0 Å². The number of esters is 1. The fourth-order valence-corrected chi connectivity index (χ4v) is 2.15. The molecule has 8 nitrogen and oxygen atoms in total. The molecule has 2 aromatic rings. The molecule has 0 aliphatic heterocycles. The average molecular weight is 344 g/mol. The number of nitro groups is 1. The third-order valence-corrected chi connectivity index (χ3v) is 3.41. The van der Waals surface area contributed by atoms with Gasteiger partial charge in [0.1, 0.15) is 5.75 Å². The van der Waals surface area contributed by atoms with Gasteiger partial charge in [-0.2, -0.15) is 0 Å². The van der Waals surface area contributed by atoms with Gasteiger partial charge in [-0.15, -0.1) is 0 Å². The van der Waals surface area contributed by atoms with E-state index in [1.54, 1.807) is 24.3 Å². The van der Waals surface area contributed by atoms with Gasteiger partial charge in [0.25, 0.3) is 11.6 Å². The highest BCUT2D eigenvalue weighted by Crippen LogP contribution is 2.21. The van der Waals surface area contributed by atoms with E-state index in [1.165, 1.54) is 32.2 Å². The van der Waals surface area contributed by atoms with Crippen LogP contribution in [0.5, 0.6) is 5.75 Å². The zero-order chi connectivity index (χ0) is 18.4. The fourth-order valence-electron chi connectivity index (χ4n) is 2.15. The number of anilines is 1. The first-order chi connectivity index (χ1) is 11.9. The Bertz CT molecular complexity index is 819. The molecule has 0 aromatic heterocycles. The van der Waals surface area contributed by atoms with Crippen LogP contribution in [0, 0.1) is 17.0 Å². The van der Waals surface area contributed by atoms with Gasteiger partial charge in [-0.3, -0.25) is 14.9 Å². The summed E-state index contributed by atoms with van der Waals surface area (Å²) in [5.41, 5.74) is 0.538. The number of hydrogen-bond acceptors (Lipinski definition) is 6. The molecule has 0 atom stereocenters. The van der Waals surface area contributed by atoms with Gasteiger partial charge < -0.3 is 14.8 Å². The second-order valence-corrected chi connectivity index (χ2v) is 5.06. The number of amides is 1. The molecule has 0 heterocycles. The van der Waals surface area contributed by atoms with Crippen molar-refractivity contribution in [3.8, 4) is 5.75 Å². The Labute approximate surface area is 143 Å². The lowest BCUT2D eigenvalue weighted by Crippen LogP contribution is -2.21. The number of nitrogens with one attached hydrogen (secondary N) is 1. The third kappa shape index (κ3) is 4.54. The number of ether oxygens (including phenoxy) is 2. The molecule has 0 unspecified atom stereocenters. The lowest BCUT2D eigenvalue weighted by Gasteiger charge is -2.09. The van der Waals surface area contributed by atoms with Gasteiger partial charge in [0.05, 0.1) is 17.6 Å². The minimum Gasteiger partial charge on any atom is -0.497 e. The van der Waals surface area contributed by atoms with Gasteiger partial charge in [0.2, 0.25) is 0 Å². The number of nitro benzene ring substituents is 1. The van der Waals surface area contributed by atoms with Gasteiger partial charge in [0.15, 0.2) is 6.61 Å². The van der Waals surface area contributed by atoms with Crippen molar-refractivity contribution >= 4 is 23.3 Å². The van der Waals surface area contributed by atoms with Crippen molar-refractivity contribution in [2.75, 3.05) is 19.0 Å². The van der Waals surface area contributed by atoms with E-state index in [4.69, 9.17) is 9.47 Å². The molecule has 2 aromatic carbocycles. The number of nitrogens with zero attached hydrogens (tertiary/aromatic N) is 1. The van der Waals surface area contributed by atoms with Crippen molar-refractivity contribution in [1.82, 2.24) is 0 Å². The molecule has 0 aliphatic rings. The molecule has 2 rings (SSSR count). The number of hydrogen-bond donors (Lipinski definition) is 1. The van der Waals surface area contributed by atoms with Crippen LogP contribution in [0.25, 0.3) is 0 Å². The Hall–Kier alpha value is -3.42. The summed E-state index contributed by atoms with van der Waals surface area (Å²) in [4.78, 5) is 34.2. The van der Waals surface area contributed by atoms with Gasteiger partial charge >= 0.3 is 5.97 Å². The molecule has 0 bridgehead atoms. The molecule has 0 saturated carbocycles. The van der Waals surface area contributed by atoms with Crippen molar-refractivity contribution in [3.63, 3.8) is 0 Å². The summed E-state index contributed by atoms with van der Waals surface area (Å²) in [6.07, 6.45) is 0. The predicted octanol–water partition coefficient (Wildman–Crippen LogP) is 2.71. The van der Waals surface area contributed by atoms with E-state index in [2.05, 4.69) is 5.32 Å². The fraction of sp³-hybridized carbons (Fsp3) is 0.176. The monoisotopic (exact) mass is 344 g/mol. The summed E-state index contributed by atoms with van der Waals surface area (Å²) >= 11 is 0. The topological polar surface area (TPSA) is 108 Å². The highest BCUT2D eigenvalue weighted by Gasteiger charge is 2.19. The number of rotatable bonds is 6. The zero-order valence-corrected chi connectivity index (χ0v) is 13.6. The van der Waals surface area contributed by atoms with E-state index >= 15 is 0 Å². The highest BCUT2D eigenvalue weighted by atomic mass is 16.6. The summed E-state index contributed by atoms with van der Waals surface area (Å²) in [5, 5.41) is 13.5. The quantitative estimate of drug-likeness (QED) is 0.490. The molecule has 0 aliphatic carbocycles. The molecule has 1 amide bonds. The largest absolute Gasteiger partial charge is 0.497 e. The van der Waals surface area contributed by atoms with Gasteiger partial charge in [0, 0.05) is 23.4 Å². The first-order valence-electron chi connectivity index (χ1n) is 7.27. The number of benzene rings is 2. The van der Waals surface area contributed by atoms with Crippen LogP contribution >= 0.6 is 0 Å². The maximum absolute atomic E-state index is 12.1. The Morgan fingerprint density at radius 3 is 2.60 bits per heavy atom. The van der Waals surface area contributed by atoms with E-state index in [0.29, 0.717) is 11.4 Å². The van der Waals surface area contributed by atoms with Crippen LogP contribution in [0.2, 0.25) is 0 Å². The van der Waals surface area contributed by atoms with Gasteiger partial charge in [-0.05, 0) is 25.1 Å². The smallest absolute Gasteiger partial charge is 0.339 e. The third-order valence-electron chi connectivity index (χ3n) is 3.41. The second-order valence-electron chi connectivity index (χ2n) is 5.06. The number of methoxy groups -OCH3 is 1. The molecular weight excluding hydrogens is 328 g/mol. The van der Waals surface area contributed by atoms with Crippen molar-refractivity contribution in [2.45, 2.75) is 6.92 Å². The van der Waals surface area contributed by atoms with Crippen LogP contribution in [-0.2, 0) is 9.53 Å². The van der Waals surface area contributed by atoms with E-state index in [-0.39, 0.29) is 16.8 Å². The Morgan fingerprint density at radius 1 is 1.20 bits per heavy atom. The summed E-state index contributed by atoms with van der Waals surface area (Å²) < 4.78 is 9.97. The lowest BCUT2D eigenvalue weighted by atomic mass is 10.1. The van der Waals surface area contributed by atoms with Crippen LogP contribution in [0.4, 0.5) is 11.4 Å². The first kappa shape index (κ1) is 17.9. The molecule has 0 spiro atoms. The van der Waals surface area contributed by atoms with Gasteiger partial charge in [-0.1, -0.05) is 12.1 Å². The number of carbonyl (C=O) groups excluding carboxylic acids is 2. The maximum atomic E-state index is 12.1. The normalized spacial score (nSPS) is 10.0. The Morgan fingerprint density at radius 2 is 1.92 bits per heavy atom. The summed E-state index contributed by atoms with van der Waals surface area (Å²) in [7, 11) is 1.50. The standard InChI is InChI=1S/C17H16N2O6/c1-11-14(7-4-8-15(11)19(22)23)17(21)25-10-16(20)18-12-5-3-6-13(9-12)24-2/h3-9H,10H2,1-2H3,(H,18,20). The van der Waals surface area contributed by atoms with Crippen molar-refractivity contribution in [1.29, 1.82) is 0 Å². The molecule has 0 radical (unpaired) electrons. The molecule has 1 N–H and O–H groups in total. The van der Waals surface area contributed by atoms with E-state index in [1.807, 2.05) is 0 Å². The summed E-state index contributed by atoms with van der Waals surface area (Å²) in [6.45, 7) is 0.934.